The predicted octanol–water partition coefficient (Wildman–Crippen LogP) is 3.99. The van der Waals surface area contributed by atoms with E-state index in [1.165, 1.54) is 13.2 Å². The molecule has 0 radical (unpaired) electrons. The molecule has 0 atom stereocenters. The molecule has 1 aromatic carbocycles. The number of ether oxygens (including phenoxy) is 2. The van der Waals surface area contributed by atoms with Gasteiger partial charge in [0, 0.05) is 0 Å². The SMILES string of the molecule is CCOC(=O)c1cc(-c2c(F)cccc2OC)n(C2CCCC2)n1. The van der Waals surface area contributed by atoms with Gasteiger partial charge >= 0.3 is 5.97 Å². The Morgan fingerprint density at radius 1 is 1.38 bits per heavy atom. The average molecular weight is 332 g/mol. The first kappa shape index (κ1) is 16.5. The molecule has 0 saturated heterocycles. The van der Waals surface area contributed by atoms with E-state index < -0.39 is 11.8 Å². The van der Waals surface area contributed by atoms with E-state index in [0.717, 1.165) is 25.7 Å². The first-order valence-electron chi connectivity index (χ1n) is 8.25. The van der Waals surface area contributed by atoms with E-state index in [2.05, 4.69) is 5.10 Å². The summed E-state index contributed by atoms with van der Waals surface area (Å²) in [7, 11) is 1.50. The minimum Gasteiger partial charge on any atom is -0.496 e. The molecule has 1 saturated carbocycles. The van der Waals surface area contributed by atoms with Crippen molar-refractivity contribution < 1.29 is 18.7 Å². The van der Waals surface area contributed by atoms with Gasteiger partial charge in [0.2, 0.25) is 0 Å². The number of nitrogens with zero attached hydrogens (tertiary/aromatic N) is 2. The molecule has 1 heterocycles. The third-order valence-corrected chi connectivity index (χ3v) is 4.34. The maximum Gasteiger partial charge on any atom is 0.358 e. The van der Waals surface area contributed by atoms with Crippen LogP contribution in [0, 0.1) is 5.82 Å². The third kappa shape index (κ3) is 3.00. The van der Waals surface area contributed by atoms with Gasteiger partial charge in [-0.1, -0.05) is 18.9 Å². The molecular formula is C18H21FN2O3. The van der Waals surface area contributed by atoms with E-state index >= 15 is 0 Å². The van der Waals surface area contributed by atoms with Crippen LogP contribution in [0.1, 0.15) is 49.1 Å². The molecule has 1 fully saturated rings. The van der Waals surface area contributed by atoms with Gasteiger partial charge in [-0.05, 0) is 38.0 Å². The Kier molecular flexibility index (Phi) is 4.83. The molecular weight excluding hydrogens is 311 g/mol. The molecule has 1 aliphatic rings. The van der Waals surface area contributed by atoms with Crippen LogP contribution in [0.5, 0.6) is 5.75 Å². The highest BCUT2D eigenvalue weighted by Crippen LogP contribution is 2.38. The van der Waals surface area contributed by atoms with Crippen molar-refractivity contribution in [3.8, 4) is 17.0 Å². The van der Waals surface area contributed by atoms with Gasteiger partial charge in [-0.25, -0.2) is 9.18 Å². The summed E-state index contributed by atoms with van der Waals surface area (Å²) < 4.78 is 26.6. The molecule has 0 N–H and O–H groups in total. The summed E-state index contributed by atoms with van der Waals surface area (Å²) in [6.45, 7) is 2.01. The summed E-state index contributed by atoms with van der Waals surface area (Å²) in [5.74, 6) is -0.473. The Morgan fingerprint density at radius 2 is 2.12 bits per heavy atom. The molecule has 1 aliphatic carbocycles. The Balaban J connectivity index is 2.13. The van der Waals surface area contributed by atoms with Crippen LogP contribution >= 0.6 is 0 Å². The second kappa shape index (κ2) is 7.03. The lowest BCUT2D eigenvalue weighted by Gasteiger charge is -2.16. The van der Waals surface area contributed by atoms with Gasteiger partial charge in [-0.2, -0.15) is 5.10 Å². The van der Waals surface area contributed by atoms with E-state index in [0.29, 0.717) is 17.0 Å². The zero-order chi connectivity index (χ0) is 17.1. The van der Waals surface area contributed by atoms with Crippen molar-refractivity contribution in [3.05, 3.63) is 35.8 Å². The van der Waals surface area contributed by atoms with Gasteiger partial charge in [0.25, 0.3) is 0 Å². The number of methoxy groups -OCH3 is 1. The Bertz CT molecular complexity index is 736. The monoisotopic (exact) mass is 332 g/mol. The van der Waals surface area contributed by atoms with Crippen LogP contribution in [0.2, 0.25) is 0 Å². The number of benzene rings is 1. The number of halogens is 1. The standard InChI is InChI=1S/C18H21FN2O3/c1-3-24-18(22)14-11-15(21(20-14)12-7-4-5-8-12)17-13(19)9-6-10-16(17)23-2/h6,9-12H,3-5,7-8H2,1-2H3. The maximum atomic E-state index is 14.5. The zero-order valence-electron chi connectivity index (χ0n) is 13.9. The van der Waals surface area contributed by atoms with Crippen molar-refractivity contribution in [2.24, 2.45) is 0 Å². The fraction of sp³-hybridized carbons (Fsp3) is 0.444. The van der Waals surface area contributed by atoms with Crippen molar-refractivity contribution in [1.29, 1.82) is 0 Å². The zero-order valence-corrected chi connectivity index (χ0v) is 13.9. The minimum atomic E-state index is -0.495. The summed E-state index contributed by atoms with van der Waals surface area (Å²) >= 11 is 0. The Labute approximate surface area is 140 Å². The topological polar surface area (TPSA) is 53.4 Å². The van der Waals surface area contributed by atoms with E-state index in [9.17, 15) is 9.18 Å². The van der Waals surface area contributed by atoms with Crippen LogP contribution in [0.3, 0.4) is 0 Å². The number of carbonyl (C=O) groups is 1. The number of esters is 1. The van der Waals surface area contributed by atoms with E-state index in [-0.39, 0.29) is 18.3 Å². The quantitative estimate of drug-likeness (QED) is 0.777. The number of carbonyl (C=O) groups excluding carboxylic acids is 1. The molecule has 0 spiro atoms. The van der Waals surface area contributed by atoms with Crippen molar-refractivity contribution in [2.75, 3.05) is 13.7 Å². The summed E-state index contributed by atoms with van der Waals surface area (Å²) in [5.41, 5.74) is 1.08. The lowest BCUT2D eigenvalue weighted by Crippen LogP contribution is -2.11. The number of hydrogen-bond donors (Lipinski definition) is 0. The molecule has 5 nitrogen and oxygen atoms in total. The van der Waals surface area contributed by atoms with Crippen molar-refractivity contribution in [3.63, 3.8) is 0 Å². The molecule has 1 aromatic heterocycles. The first-order chi connectivity index (χ1) is 11.7. The molecule has 6 heteroatoms. The second-order valence-electron chi connectivity index (χ2n) is 5.84. The highest BCUT2D eigenvalue weighted by atomic mass is 19.1. The first-order valence-corrected chi connectivity index (χ1v) is 8.25. The molecule has 3 rings (SSSR count). The van der Waals surface area contributed by atoms with Crippen LogP contribution < -0.4 is 4.74 Å². The van der Waals surface area contributed by atoms with Gasteiger partial charge in [-0.15, -0.1) is 0 Å². The Hall–Kier alpha value is -2.37. The van der Waals surface area contributed by atoms with Gasteiger partial charge in [0.05, 0.1) is 31.0 Å². The van der Waals surface area contributed by atoms with Crippen molar-refractivity contribution >= 4 is 5.97 Å². The Morgan fingerprint density at radius 3 is 2.79 bits per heavy atom. The highest BCUT2D eigenvalue weighted by molar-refractivity contribution is 5.89. The lowest BCUT2D eigenvalue weighted by atomic mass is 10.1. The van der Waals surface area contributed by atoms with E-state index in [1.54, 1.807) is 29.8 Å². The minimum absolute atomic E-state index is 0.160. The number of aromatic nitrogens is 2. The summed E-state index contributed by atoms with van der Waals surface area (Å²) in [6, 6.07) is 6.44. The fourth-order valence-electron chi connectivity index (χ4n) is 3.24. The predicted molar refractivity (Wildman–Crippen MR) is 87.6 cm³/mol. The van der Waals surface area contributed by atoms with E-state index in [4.69, 9.17) is 9.47 Å². The van der Waals surface area contributed by atoms with Crippen LogP contribution in [0.4, 0.5) is 4.39 Å². The fourth-order valence-corrected chi connectivity index (χ4v) is 3.24. The van der Waals surface area contributed by atoms with Gasteiger partial charge in [0.1, 0.15) is 11.6 Å². The second-order valence-corrected chi connectivity index (χ2v) is 5.84. The van der Waals surface area contributed by atoms with Crippen LogP contribution in [-0.2, 0) is 4.74 Å². The lowest BCUT2D eigenvalue weighted by molar-refractivity contribution is 0.0518. The number of rotatable bonds is 5. The van der Waals surface area contributed by atoms with Gasteiger partial charge in [0.15, 0.2) is 5.69 Å². The maximum absolute atomic E-state index is 14.5. The largest absolute Gasteiger partial charge is 0.496 e. The average Bonchev–Trinajstić information content (AvgIpc) is 3.24. The number of hydrogen-bond acceptors (Lipinski definition) is 4. The van der Waals surface area contributed by atoms with Crippen LogP contribution in [0.25, 0.3) is 11.3 Å². The molecule has 0 unspecified atom stereocenters. The normalized spacial score (nSPS) is 14.8. The van der Waals surface area contributed by atoms with Crippen LogP contribution in [0.15, 0.2) is 24.3 Å². The van der Waals surface area contributed by atoms with Crippen LogP contribution in [-0.4, -0.2) is 29.5 Å². The summed E-state index contributed by atoms with van der Waals surface area (Å²) in [6.07, 6.45) is 4.14. The van der Waals surface area contributed by atoms with Gasteiger partial charge < -0.3 is 9.47 Å². The van der Waals surface area contributed by atoms with Crippen molar-refractivity contribution in [1.82, 2.24) is 9.78 Å². The summed E-state index contributed by atoms with van der Waals surface area (Å²) in [5, 5.41) is 4.42. The highest BCUT2D eigenvalue weighted by Gasteiger charge is 2.27. The third-order valence-electron chi connectivity index (χ3n) is 4.34. The molecule has 0 aliphatic heterocycles. The smallest absolute Gasteiger partial charge is 0.358 e. The molecule has 0 amide bonds. The molecule has 0 bridgehead atoms. The molecule has 2 aromatic rings. The molecule has 128 valence electrons. The van der Waals surface area contributed by atoms with E-state index in [1.807, 2.05) is 0 Å². The molecule has 24 heavy (non-hydrogen) atoms. The van der Waals surface area contributed by atoms with Gasteiger partial charge in [-0.3, -0.25) is 4.68 Å². The summed E-state index contributed by atoms with van der Waals surface area (Å²) in [4.78, 5) is 12.1. The van der Waals surface area contributed by atoms with Crippen molar-refractivity contribution in [2.45, 2.75) is 38.6 Å².